The zero-order valence-electron chi connectivity index (χ0n) is 11.9. The second-order valence-electron chi connectivity index (χ2n) is 4.54. The van der Waals surface area contributed by atoms with Gasteiger partial charge in [-0.3, -0.25) is 20.2 Å². The van der Waals surface area contributed by atoms with Gasteiger partial charge in [-0.1, -0.05) is 0 Å². The van der Waals surface area contributed by atoms with E-state index in [2.05, 4.69) is 15.0 Å². The smallest absolute Gasteiger partial charge is 0.461 e. The average Bonchev–Trinajstić information content (AvgIpc) is 2.24. The molecular formula is C10H15N5O6. The summed E-state index contributed by atoms with van der Waals surface area (Å²) in [4.78, 5) is 30.4. The van der Waals surface area contributed by atoms with Crippen molar-refractivity contribution in [3.8, 4) is 12.0 Å². The number of nitro groups is 2. The largest absolute Gasteiger partial charge is 0.509 e. The highest BCUT2D eigenvalue weighted by molar-refractivity contribution is 5.06. The Balaban J connectivity index is 3.28. The molecule has 0 amide bonds. The van der Waals surface area contributed by atoms with E-state index in [0.717, 1.165) is 0 Å². The van der Waals surface area contributed by atoms with E-state index in [0.29, 0.717) is 0 Å². The van der Waals surface area contributed by atoms with Crippen LogP contribution in [0.25, 0.3) is 0 Å². The maximum atomic E-state index is 10.8. The molecule has 21 heavy (non-hydrogen) atoms. The topological polar surface area (TPSA) is 143 Å². The molecule has 0 radical (unpaired) electrons. The lowest BCUT2D eigenvalue weighted by Gasteiger charge is -2.11. The zero-order valence-corrected chi connectivity index (χ0v) is 11.9. The van der Waals surface area contributed by atoms with E-state index in [-0.39, 0.29) is 24.2 Å². The third-order valence-corrected chi connectivity index (χ3v) is 1.92. The van der Waals surface area contributed by atoms with Crippen molar-refractivity contribution in [2.45, 2.75) is 46.1 Å². The predicted octanol–water partition coefficient (Wildman–Crippen LogP) is 0.998. The standard InChI is InChI=1S/C10H15N5O6/c1-5(2)20-9-11-7(8(14(16)17)15(18)19)12-10(13-9)21-6(3)4/h5-6,8H,1-4H3. The summed E-state index contributed by atoms with van der Waals surface area (Å²) >= 11 is 0. The first-order valence-corrected chi connectivity index (χ1v) is 6.07. The van der Waals surface area contributed by atoms with Crippen LogP contribution in [0.4, 0.5) is 0 Å². The van der Waals surface area contributed by atoms with E-state index in [9.17, 15) is 20.2 Å². The van der Waals surface area contributed by atoms with E-state index in [4.69, 9.17) is 9.47 Å². The molecule has 0 aliphatic rings. The van der Waals surface area contributed by atoms with E-state index >= 15 is 0 Å². The normalized spacial score (nSPS) is 11.0. The van der Waals surface area contributed by atoms with E-state index in [1.54, 1.807) is 27.7 Å². The van der Waals surface area contributed by atoms with Crippen LogP contribution < -0.4 is 9.47 Å². The highest BCUT2D eigenvalue weighted by atomic mass is 16.7. The first-order valence-electron chi connectivity index (χ1n) is 6.07. The first-order chi connectivity index (χ1) is 9.70. The summed E-state index contributed by atoms with van der Waals surface area (Å²) in [5, 5.41) is 21.6. The molecule has 1 rings (SSSR count). The van der Waals surface area contributed by atoms with Crippen LogP contribution in [0.5, 0.6) is 12.0 Å². The summed E-state index contributed by atoms with van der Waals surface area (Å²) in [6, 6.07) is -0.529. The van der Waals surface area contributed by atoms with Crippen LogP contribution in [0.3, 0.4) is 0 Å². The molecule has 0 fully saturated rings. The number of nitrogens with zero attached hydrogens (tertiary/aromatic N) is 5. The van der Waals surface area contributed by atoms with E-state index < -0.39 is 21.8 Å². The third kappa shape index (κ3) is 4.78. The number of ether oxygens (including phenoxy) is 2. The molecule has 0 N–H and O–H groups in total. The number of hydrogen-bond acceptors (Lipinski definition) is 9. The molecule has 1 aromatic heterocycles. The number of rotatable bonds is 7. The summed E-state index contributed by atoms with van der Waals surface area (Å²) in [5.41, 5.74) is 0. The van der Waals surface area contributed by atoms with Crippen LogP contribution in [0.15, 0.2) is 0 Å². The molecule has 0 spiro atoms. The van der Waals surface area contributed by atoms with Gasteiger partial charge in [-0.15, -0.1) is 4.98 Å². The van der Waals surface area contributed by atoms with Crippen LogP contribution in [-0.2, 0) is 0 Å². The van der Waals surface area contributed by atoms with Gasteiger partial charge >= 0.3 is 18.2 Å². The van der Waals surface area contributed by atoms with Gasteiger partial charge in [0.2, 0.25) is 0 Å². The molecule has 0 atom stereocenters. The Hall–Kier alpha value is -2.59. The summed E-state index contributed by atoms with van der Waals surface area (Å²) in [6.07, 6.45) is -2.95. The Labute approximate surface area is 119 Å². The van der Waals surface area contributed by atoms with Gasteiger partial charge < -0.3 is 9.47 Å². The molecule has 11 heteroatoms. The minimum atomic E-state index is -2.31. The molecular weight excluding hydrogens is 286 g/mol. The van der Waals surface area contributed by atoms with Crippen LogP contribution in [0.2, 0.25) is 0 Å². The minimum absolute atomic E-state index is 0.264. The lowest BCUT2D eigenvalue weighted by atomic mass is 10.4. The summed E-state index contributed by atoms with van der Waals surface area (Å²) < 4.78 is 10.4. The maximum Gasteiger partial charge on any atom is 0.509 e. The predicted molar refractivity (Wildman–Crippen MR) is 68.1 cm³/mol. The van der Waals surface area contributed by atoms with Crippen molar-refractivity contribution >= 4 is 0 Å². The summed E-state index contributed by atoms with van der Waals surface area (Å²) in [6.45, 7) is 6.74. The number of hydrogen-bond donors (Lipinski definition) is 0. The van der Waals surface area contributed by atoms with E-state index in [1.807, 2.05) is 0 Å². The maximum absolute atomic E-state index is 10.8. The zero-order chi connectivity index (χ0) is 16.2. The van der Waals surface area contributed by atoms with Crippen molar-refractivity contribution in [1.29, 1.82) is 0 Å². The molecule has 0 bridgehead atoms. The van der Waals surface area contributed by atoms with Crippen LogP contribution in [0.1, 0.15) is 39.7 Å². The van der Waals surface area contributed by atoms with Crippen molar-refractivity contribution < 1.29 is 19.3 Å². The third-order valence-electron chi connectivity index (χ3n) is 1.92. The van der Waals surface area contributed by atoms with Gasteiger partial charge in [-0.05, 0) is 27.7 Å². The van der Waals surface area contributed by atoms with Gasteiger partial charge in [0.05, 0.1) is 12.2 Å². The Morgan fingerprint density at radius 2 is 1.24 bits per heavy atom. The summed E-state index contributed by atoms with van der Waals surface area (Å²) in [7, 11) is 0. The second-order valence-corrected chi connectivity index (χ2v) is 4.54. The quantitative estimate of drug-likeness (QED) is 0.409. The minimum Gasteiger partial charge on any atom is -0.461 e. The van der Waals surface area contributed by atoms with Gasteiger partial charge in [-0.2, -0.15) is 9.97 Å². The Kier molecular flexibility index (Phi) is 5.27. The fraction of sp³-hybridized carbons (Fsp3) is 0.700. The SMILES string of the molecule is CC(C)Oc1nc(OC(C)C)nc(C([N+](=O)[O-])[N+](=O)[O-])n1. The molecule has 1 heterocycles. The van der Waals surface area contributed by atoms with Crippen molar-refractivity contribution in [3.63, 3.8) is 0 Å². The van der Waals surface area contributed by atoms with Crippen molar-refractivity contribution in [1.82, 2.24) is 15.0 Å². The fourth-order valence-electron chi connectivity index (χ4n) is 1.26. The molecule has 11 nitrogen and oxygen atoms in total. The highest BCUT2D eigenvalue weighted by Crippen LogP contribution is 2.19. The van der Waals surface area contributed by atoms with Crippen LogP contribution in [0, 0.1) is 20.2 Å². The molecule has 0 aliphatic carbocycles. The average molecular weight is 301 g/mol. The summed E-state index contributed by atoms with van der Waals surface area (Å²) in [5.74, 6) is -0.647. The molecule has 0 saturated heterocycles. The monoisotopic (exact) mass is 301 g/mol. The van der Waals surface area contributed by atoms with Crippen molar-refractivity contribution in [3.05, 3.63) is 26.1 Å². The highest BCUT2D eigenvalue weighted by Gasteiger charge is 2.39. The van der Waals surface area contributed by atoms with Crippen LogP contribution in [-0.4, -0.2) is 37.0 Å². The molecule has 0 unspecified atom stereocenters. The number of aromatic nitrogens is 3. The van der Waals surface area contributed by atoms with Gasteiger partial charge in [-0.25, -0.2) is 0 Å². The Morgan fingerprint density at radius 1 is 0.857 bits per heavy atom. The lowest BCUT2D eigenvalue weighted by molar-refractivity contribution is -0.754. The van der Waals surface area contributed by atoms with Gasteiger partial charge in [0, 0.05) is 0 Å². The van der Waals surface area contributed by atoms with Crippen LogP contribution >= 0.6 is 0 Å². The Morgan fingerprint density at radius 3 is 1.52 bits per heavy atom. The fourth-order valence-corrected chi connectivity index (χ4v) is 1.26. The molecule has 1 aromatic rings. The lowest BCUT2D eigenvalue weighted by Crippen LogP contribution is -2.24. The molecule has 0 saturated carbocycles. The van der Waals surface area contributed by atoms with E-state index in [1.165, 1.54) is 0 Å². The second kappa shape index (κ2) is 6.72. The Bertz CT molecular complexity index is 492. The molecule has 0 aliphatic heterocycles. The van der Waals surface area contributed by atoms with Crippen molar-refractivity contribution in [2.24, 2.45) is 0 Å². The van der Waals surface area contributed by atoms with Crippen molar-refractivity contribution in [2.75, 3.05) is 0 Å². The van der Waals surface area contributed by atoms with Gasteiger partial charge in [0.25, 0.3) is 5.82 Å². The molecule has 0 aromatic carbocycles. The first kappa shape index (κ1) is 16.5. The van der Waals surface area contributed by atoms with Gasteiger partial charge in [0.15, 0.2) is 0 Å². The molecule has 116 valence electrons. The van der Waals surface area contributed by atoms with Gasteiger partial charge in [0.1, 0.15) is 9.85 Å².